The van der Waals surface area contributed by atoms with Gasteiger partial charge in [-0.15, -0.1) is 0 Å². The van der Waals surface area contributed by atoms with Crippen molar-refractivity contribution >= 4 is 8.80 Å². The first-order chi connectivity index (χ1) is 6.66. The van der Waals surface area contributed by atoms with Gasteiger partial charge in [0.1, 0.15) is 5.73 Å². The van der Waals surface area contributed by atoms with Crippen LogP contribution in [0.2, 0.25) is 0 Å². The Balaban J connectivity index is 4.15. The van der Waals surface area contributed by atoms with Gasteiger partial charge in [-0.3, -0.25) is 0 Å². The molecule has 0 aromatic carbocycles. The standard InChI is InChI=1S/C8H17NO4Si/c1-8(13-7-5-6-9)14(10-2,11-3)12-4/h8H,5,7H2,1-4H3. The molecule has 6 heteroatoms. The monoisotopic (exact) mass is 219 g/mol. The van der Waals surface area contributed by atoms with Crippen LogP contribution in [0.15, 0.2) is 0 Å². The lowest BCUT2D eigenvalue weighted by atomic mass is 10.5. The van der Waals surface area contributed by atoms with Crippen LogP contribution in [0.4, 0.5) is 0 Å². The summed E-state index contributed by atoms with van der Waals surface area (Å²) >= 11 is 0. The molecule has 0 bridgehead atoms. The number of nitriles is 1. The minimum Gasteiger partial charge on any atom is -0.375 e. The predicted molar refractivity (Wildman–Crippen MR) is 52.4 cm³/mol. The van der Waals surface area contributed by atoms with E-state index in [1.165, 1.54) is 21.3 Å². The van der Waals surface area contributed by atoms with Crippen LogP contribution in [0.5, 0.6) is 0 Å². The van der Waals surface area contributed by atoms with Crippen molar-refractivity contribution in [3.05, 3.63) is 0 Å². The van der Waals surface area contributed by atoms with Crippen LogP contribution < -0.4 is 0 Å². The second kappa shape index (κ2) is 6.92. The van der Waals surface area contributed by atoms with E-state index >= 15 is 0 Å². The zero-order valence-corrected chi connectivity index (χ0v) is 10.1. The predicted octanol–water partition coefficient (Wildman–Crippen LogP) is 0.722. The van der Waals surface area contributed by atoms with Gasteiger partial charge < -0.3 is 18.0 Å². The molecule has 0 aliphatic heterocycles. The van der Waals surface area contributed by atoms with E-state index in [4.69, 9.17) is 23.3 Å². The van der Waals surface area contributed by atoms with E-state index in [0.717, 1.165) is 0 Å². The molecule has 0 aromatic rings. The van der Waals surface area contributed by atoms with E-state index < -0.39 is 8.80 Å². The van der Waals surface area contributed by atoms with Crippen LogP contribution in [-0.4, -0.2) is 42.5 Å². The van der Waals surface area contributed by atoms with Crippen molar-refractivity contribution in [1.29, 1.82) is 5.26 Å². The molecule has 0 N–H and O–H groups in total. The fraction of sp³-hybridized carbons (Fsp3) is 0.875. The summed E-state index contributed by atoms with van der Waals surface area (Å²) in [5.74, 6) is 0. The van der Waals surface area contributed by atoms with E-state index in [-0.39, 0.29) is 5.73 Å². The largest absolute Gasteiger partial charge is 0.530 e. The molecule has 82 valence electrons. The fourth-order valence-corrected chi connectivity index (χ4v) is 2.95. The third-order valence-electron chi connectivity index (χ3n) is 1.93. The van der Waals surface area contributed by atoms with Crippen molar-refractivity contribution in [3.63, 3.8) is 0 Å². The number of hydrogen-bond donors (Lipinski definition) is 0. The van der Waals surface area contributed by atoms with Crippen molar-refractivity contribution in [2.75, 3.05) is 27.9 Å². The molecule has 5 nitrogen and oxygen atoms in total. The second-order valence-corrected chi connectivity index (χ2v) is 5.88. The molecule has 0 saturated heterocycles. The Labute approximate surface area is 85.9 Å². The Kier molecular flexibility index (Phi) is 6.70. The van der Waals surface area contributed by atoms with E-state index in [1.54, 1.807) is 0 Å². The molecule has 0 heterocycles. The van der Waals surface area contributed by atoms with Crippen molar-refractivity contribution in [3.8, 4) is 6.07 Å². The molecule has 0 rings (SSSR count). The van der Waals surface area contributed by atoms with Gasteiger partial charge in [0.2, 0.25) is 0 Å². The SMILES string of the molecule is CO[Si](OC)(OC)C(C)OCCC#N. The topological polar surface area (TPSA) is 60.7 Å². The summed E-state index contributed by atoms with van der Waals surface area (Å²) in [4.78, 5) is 0. The van der Waals surface area contributed by atoms with Crippen LogP contribution in [-0.2, 0) is 18.0 Å². The van der Waals surface area contributed by atoms with Gasteiger partial charge in [-0.2, -0.15) is 5.26 Å². The summed E-state index contributed by atoms with van der Waals surface area (Å²) < 4.78 is 21.0. The van der Waals surface area contributed by atoms with Gasteiger partial charge >= 0.3 is 8.80 Å². The molecule has 1 atom stereocenters. The van der Waals surface area contributed by atoms with Crippen LogP contribution in [0, 0.1) is 11.3 Å². The Morgan fingerprint density at radius 2 is 1.71 bits per heavy atom. The molecule has 0 fully saturated rings. The van der Waals surface area contributed by atoms with E-state index in [9.17, 15) is 0 Å². The van der Waals surface area contributed by atoms with E-state index in [0.29, 0.717) is 13.0 Å². The van der Waals surface area contributed by atoms with Crippen molar-refractivity contribution in [2.24, 2.45) is 0 Å². The Morgan fingerprint density at radius 1 is 1.21 bits per heavy atom. The third-order valence-corrected chi connectivity index (χ3v) is 4.80. The number of nitrogens with zero attached hydrogens (tertiary/aromatic N) is 1. The smallest absolute Gasteiger partial charge is 0.375 e. The molecule has 1 unspecified atom stereocenters. The average molecular weight is 219 g/mol. The summed E-state index contributed by atoms with van der Waals surface area (Å²) in [5, 5.41) is 8.34. The highest BCUT2D eigenvalue weighted by Crippen LogP contribution is 2.14. The Hall–Kier alpha value is -0.453. The lowest BCUT2D eigenvalue weighted by Gasteiger charge is -2.29. The molecule has 0 amide bonds. The van der Waals surface area contributed by atoms with Gasteiger partial charge in [-0.25, -0.2) is 0 Å². The number of hydrogen-bond acceptors (Lipinski definition) is 5. The average Bonchev–Trinajstić information content (AvgIpc) is 2.22. The van der Waals surface area contributed by atoms with Gasteiger partial charge in [0.05, 0.1) is 19.1 Å². The maximum atomic E-state index is 8.34. The van der Waals surface area contributed by atoms with Gasteiger partial charge in [0, 0.05) is 21.3 Å². The first-order valence-corrected chi connectivity index (χ1v) is 6.11. The molecule has 14 heavy (non-hydrogen) atoms. The Bertz CT molecular complexity index is 182. The van der Waals surface area contributed by atoms with Crippen LogP contribution in [0.3, 0.4) is 0 Å². The Morgan fingerprint density at radius 3 is 2.07 bits per heavy atom. The van der Waals surface area contributed by atoms with Crippen LogP contribution in [0.25, 0.3) is 0 Å². The quantitative estimate of drug-likeness (QED) is 0.466. The van der Waals surface area contributed by atoms with E-state index in [1.807, 2.05) is 13.0 Å². The van der Waals surface area contributed by atoms with Gasteiger partial charge in [0.15, 0.2) is 0 Å². The first-order valence-electron chi connectivity index (χ1n) is 4.30. The number of rotatable bonds is 7. The molecule has 0 radical (unpaired) electrons. The molecule has 0 aliphatic rings. The summed E-state index contributed by atoms with van der Waals surface area (Å²) in [6.07, 6.45) is 0.353. The summed E-state index contributed by atoms with van der Waals surface area (Å²) in [7, 11) is 1.89. The normalized spacial score (nSPS) is 13.6. The summed E-state index contributed by atoms with van der Waals surface area (Å²) in [5.41, 5.74) is -0.268. The van der Waals surface area contributed by atoms with Gasteiger partial charge in [-0.1, -0.05) is 0 Å². The van der Waals surface area contributed by atoms with Crippen LogP contribution >= 0.6 is 0 Å². The maximum Gasteiger partial charge on any atom is 0.530 e. The lowest BCUT2D eigenvalue weighted by molar-refractivity contribution is 0.0231. The molecule has 0 spiro atoms. The fourth-order valence-electron chi connectivity index (χ4n) is 1.13. The van der Waals surface area contributed by atoms with Gasteiger partial charge in [-0.05, 0) is 6.92 Å². The molecule has 0 saturated carbocycles. The summed E-state index contributed by atoms with van der Waals surface area (Å²) in [6, 6.07) is 2.00. The molecular formula is C8H17NO4Si. The number of ether oxygens (including phenoxy) is 1. The maximum absolute atomic E-state index is 8.34. The lowest BCUT2D eigenvalue weighted by Crippen LogP contribution is -2.54. The minimum absolute atomic E-state index is 0.268. The molecular weight excluding hydrogens is 202 g/mol. The van der Waals surface area contributed by atoms with Crippen molar-refractivity contribution < 1.29 is 18.0 Å². The zero-order valence-electron chi connectivity index (χ0n) is 9.07. The third kappa shape index (κ3) is 3.36. The second-order valence-electron chi connectivity index (χ2n) is 2.64. The van der Waals surface area contributed by atoms with Crippen molar-refractivity contribution in [1.82, 2.24) is 0 Å². The van der Waals surface area contributed by atoms with Gasteiger partial charge in [0.25, 0.3) is 0 Å². The summed E-state index contributed by atoms with van der Waals surface area (Å²) in [6.45, 7) is 2.18. The first kappa shape index (κ1) is 13.5. The molecule has 0 aromatic heterocycles. The highest BCUT2D eigenvalue weighted by molar-refractivity contribution is 6.61. The van der Waals surface area contributed by atoms with Crippen molar-refractivity contribution in [2.45, 2.75) is 19.1 Å². The highest BCUT2D eigenvalue weighted by Gasteiger charge is 2.45. The highest BCUT2D eigenvalue weighted by atomic mass is 28.4. The van der Waals surface area contributed by atoms with Crippen LogP contribution in [0.1, 0.15) is 13.3 Å². The van der Waals surface area contributed by atoms with E-state index in [2.05, 4.69) is 0 Å². The molecule has 0 aliphatic carbocycles. The zero-order chi connectivity index (χ0) is 11.0. The minimum atomic E-state index is -2.70.